The van der Waals surface area contributed by atoms with Crippen molar-refractivity contribution in [3.05, 3.63) is 47.9 Å². The average Bonchev–Trinajstić information content (AvgIpc) is 2.45. The predicted molar refractivity (Wildman–Crippen MR) is 104 cm³/mol. The first-order valence-corrected chi connectivity index (χ1v) is 8.97. The molecule has 0 heterocycles. The summed E-state index contributed by atoms with van der Waals surface area (Å²) in [5, 5.41) is 17.8. The molecule has 0 atom stereocenters. The molecule has 0 saturated carbocycles. The second kappa shape index (κ2) is 13.5. The van der Waals surface area contributed by atoms with Gasteiger partial charge in [-0.3, -0.25) is 10.1 Å². The maximum atomic E-state index is 11.0. The SMILES string of the molecule is C/C=C/CNC(=O)OC(C)(C)C.Nc1ccc(S(N)(=O)=O)cc1[N+](=O)[O-].[CH3-].[Na+]. The van der Waals surface area contributed by atoms with E-state index in [0.717, 1.165) is 18.2 Å². The number of nitrogens with zero attached hydrogens (tertiary/aromatic N) is 1. The van der Waals surface area contributed by atoms with Crippen molar-refractivity contribution in [2.75, 3.05) is 12.3 Å². The molecule has 0 aliphatic carbocycles. The van der Waals surface area contributed by atoms with Crippen LogP contribution in [0, 0.1) is 17.5 Å². The van der Waals surface area contributed by atoms with Crippen molar-refractivity contribution < 1.29 is 52.4 Å². The van der Waals surface area contributed by atoms with Crippen LogP contribution in [0.1, 0.15) is 27.7 Å². The summed E-state index contributed by atoms with van der Waals surface area (Å²) >= 11 is 0. The number of amides is 1. The number of hydrogen-bond acceptors (Lipinski definition) is 7. The Morgan fingerprint density at radius 2 is 1.89 bits per heavy atom. The van der Waals surface area contributed by atoms with Crippen LogP contribution in [0.15, 0.2) is 35.2 Å². The minimum Gasteiger partial charge on any atom is -0.444 e. The number of primary sulfonamides is 1. The van der Waals surface area contributed by atoms with Gasteiger partial charge in [0.25, 0.3) is 5.69 Å². The number of allylic oxidation sites excluding steroid dienone is 1. The van der Waals surface area contributed by atoms with Gasteiger partial charge in [-0.15, -0.1) is 0 Å². The zero-order valence-corrected chi connectivity index (χ0v) is 19.9. The molecule has 0 bridgehead atoms. The third-order valence-corrected chi connectivity index (χ3v) is 3.44. The largest absolute Gasteiger partial charge is 1.00 e. The van der Waals surface area contributed by atoms with E-state index in [4.69, 9.17) is 15.6 Å². The van der Waals surface area contributed by atoms with Crippen molar-refractivity contribution in [2.45, 2.75) is 38.2 Å². The normalized spacial score (nSPS) is 10.6. The van der Waals surface area contributed by atoms with Crippen LogP contribution in [-0.4, -0.2) is 31.6 Å². The number of sulfonamides is 1. The number of rotatable bonds is 4. The van der Waals surface area contributed by atoms with Crippen molar-refractivity contribution in [1.82, 2.24) is 5.32 Å². The summed E-state index contributed by atoms with van der Waals surface area (Å²) < 4.78 is 26.7. The number of nitro groups is 1. The molecule has 12 heteroatoms. The maximum absolute atomic E-state index is 11.0. The fourth-order valence-corrected chi connectivity index (χ4v) is 1.97. The van der Waals surface area contributed by atoms with E-state index in [0.29, 0.717) is 6.54 Å². The molecule has 0 aromatic heterocycles. The van der Waals surface area contributed by atoms with Crippen molar-refractivity contribution in [3.8, 4) is 0 Å². The molecule has 0 aliphatic rings. The van der Waals surface area contributed by atoms with Gasteiger partial charge in [-0.1, -0.05) is 12.2 Å². The van der Waals surface area contributed by atoms with Gasteiger partial charge in [0.05, 0.1) is 9.82 Å². The smallest absolute Gasteiger partial charge is 0.444 e. The van der Waals surface area contributed by atoms with Gasteiger partial charge < -0.3 is 23.2 Å². The van der Waals surface area contributed by atoms with E-state index < -0.39 is 26.2 Å². The number of hydrogen-bond donors (Lipinski definition) is 3. The van der Waals surface area contributed by atoms with E-state index in [1.54, 1.807) is 0 Å². The molecule has 154 valence electrons. The second-order valence-corrected chi connectivity index (χ2v) is 7.54. The van der Waals surface area contributed by atoms with E-state index in [1.807, 2.05) is 39.8 Å². The van der Waals surface area contributed by atoms with Crippen LogP contribution in [0.2, 0.25) is 0 Å². The number of carbonyl (C=O) groups is 1. The van der Waals surface area contributed by atoms with Crippen molar-refractivity contribution in [3.63, 3.8) is 0 Å². The van der Waals surface area contributed by atoms with Crippen LogP contribution in [0.4, 0.5) is 16.2 Å². The molecule has 0 saturated heterocycles. The molecular formula is C16H27N4NaO6S. The first-order chi connectivity index (χ1) is 11.8. The Bertz CT molecular complexity index is 776. The van der Waals surface area contributed by atoms with Gasteiger partial charge in [0.15, 0.2) is 0 Å². The van der Waals surface area contributed by atoms with E-state index in [-0.39, 0.29) is 53.7 Å². The monoisotopic (exact) mass is 426 g/mol. The van der Waals surface area contributed by atoms with Gasteiger partial charge in [-0.25, -0.2) is 18.4 Å². The molecule has 0 spiro atoms. The summed E-state index contributed by atoms with van der Waals surface area (Å²) in [5.41, 5.74) is 4.26. The van der Waals surface area contributed by atoms with Crippen molar-refractivity contribution >= 4 is 27.5 Å². The fourth-order valence-electron chi connectivity index (χ4n) is 1.43. The van der Waals surface area contributed by atoms with Gasteiger partial charge in [0.2, 0.25) is 10.0 Å². The summed E-state index contributed by atoms with van der Waals surface area (Å²) in [6.45, 7) is 7.93. The van der Waals surface area contributed by atoms with E-state index in [2.05, 4.69) is 5.32 Å². The number of nitro benzene ring substituents is 1. The Morgan fingerprint density at radius 3 is 2.29 bits per heavy atom. The van der Waals surface area contributed by atoms with Crippen LogP contribution in [-0.2, 0) is 14.8 Å². The summed E-state index contributed by atoms with van der Waals surface area (Å²) in [6, 6.07) is 3.06. The molecular weight excluding hydrogens is 399 g/mol. The van der Waals surface area contributed by atoms with Crippen LogP contribution < -0.4 is 45.7 Å². The van der Waals surface area contributed by atoms with Crippen LogP contribution in [0.25, 0.3) is 0 Å². The molecule has 5 N–H and O–H groups in total. The number of benzene rings is 1. The Labute approximate surface area is 188 Å². The standard InChI is InChI=1S/C9H17NO2.C6H7N3O4S.CH3.Na/c1-5-6-7-10-8(11)12-9(2,3)4;7-5-2-1-4(14(8,12)13)3-6(5)9(10)11;;/h5-6H,7H2,1-4H3,(H,10,11);1-3H,7H2,(H2,8,12,13);1H3;/q;;-1;+1/b6-5+;;;. The average molecular weight is 426 g/mol. The van der Waals surface area contributed by atoms with Gasteiger partial charge in [0, 0.05) is 12.6 Å². The molecule has 0 radical (unpaired) electrons. The molecule has 1 rings (SSSR count). The van der Waals surface area contributed by atoms with E-state index >= 15 is 0 Å². The zero-order valence-electron chi connectivity index (χ0n) is 17.1. The van der Waals surface area contributed by atoms with E-state index in [1.165, 1.54) is 0 Å². The quantitative estimate of drug-likeness (QED) is 0.144. The second-order valence-electron chi connectivity index (χ2n) is 5.97. The topological polar surface area (TPSA) is 168 Å². The fraction of sp³-hybridized carbons (Fsp3) is 0.375. The minimum atomic E-state index is -3.94. The summed E-state index contributed by atoms with van der Waals surface area (Å²) in [7, 11) is -3.94. The van der Waals surface area contributed by atoms with Crippen molar-refractivity contribution in [2.24, 2.45) is 5.14 Å². The predicted octanol–water partition coefficient (Wildman–Crippen LogP) is -0.634. The van der Waals surface area contributed by atoms with Crippen LogP contribution in [0.5, 0.6) is 0 Å². The molecule has 0 unspecified atom stereocenters. The number of carbonyl (C=O) groups excluding carboxylic acids is 1. The van der Waals surface area contributed by atoms with E-state index in [9.17, 15) is 23.3 Å². The number of ether oxygens (including phenoxy) is 1. The molecule has 0 aliphatic heterocycles. The Hall–Kier alpha value is -1.66. The number of nitrogens with one attached hydrogen (secondary N) is 1. The summed E-state index contributed by atoms with van der Waals surface area (Å²) in [4.78, 5) is 20.2. The Balaban J connectivity index is -0.000000422. The number of anilines is 1. The minimum absolute atomic E-state index is 0. The molecule has 28 heavy (non-hydrogen) atoms. The molecule has 1 amide bonds. The van der Waals surface area contributed by atoms with Crippen molar-refractivity contribution in [1.29, 1.82) is 0 Å². The molecule has 0 fully saturated rings. The molecule has 1 aromatic carbocycles. The summed E-state index contributed by atoms with van der Waals surface area (Å²) in [5.74, 6) is 0. The van der Waals surface area contributed by atoms with Gasteiger partial charge in [-0.2, -0.15) is 0 Å². The number of alkyl carbamates (subject to hydrolysis) is 1. The van der Waals surface area contributed by atoms with Gasteiger partial charge >= 0.3 is 35.7 Å². The first-order valence-electron chi connectivity index (χ1n) is 7.42. The Morgan fingerprint density at radius 1 is 1.36 bits per heavy atom. The first kappa shape index (κ1) is 31.0. The van der Waals surface area contributed by atoms with Crippen LogP contribution in [0.3, 0.4) is 0 Å². The van der Waals surface area contributed by atoms with Crippen LogP contribution >= 0.6 is 0 Å². The number of nitrogens with two attached hydrogens (primary N) is 2. The molecule has 1 aromatic rings. The summed E-state index contributed by atoms with van der Waals surface area (Å²) in [6.07, 6.45) is 3.35. The van der Waals surface area contributed by atoms with Gasteiger partial charge in [-0.05, 0) is 39.8 Å². The third-order valence-electron chi connectivity index (χ3n) is 2.53. The Kier molecular flexibility index (Phi) is 15.0. The number of nitrogen functional groups attached to an aromatic ring is 1. The zero-order chi connectivity index (χ0) is 20.5. The van der Waals surface area contributed by atoms with Gasteiger partial charge in [0.1, 0.15) is 11.3 Å². The third kappa shape index (κ3) is 13.5. The molecule has 10 nitrogen and oxygen atoms in total. The maximum Gasteiger partial charge on any atom is 1.00 e.